The zero-order chi connectivity index (χ0) is 22.8. The molecule has 6 heteroatoms. The SMILES string of the molecule is C=CCOc1ccc([C@@H]2C(C(=O)OCC)=C(C)NC3=C2C(=O)CC(C)(C)C3)cc1OC. The fraction of sp³-hybridized carbons (Fsp3) is 0.440. The lowest BCUT2D eigenvalue weighted by molar-refractivity contribution is -0.138. The van der Waals surface area contributed by atoms with Crippen molar-refractivity contribution in [2.45, 2.75) is 46.5 Å². The topological polar surface area (TPSA) is 73.9 Å². The molecule has 0 unspecified atom stereocenters. The summed E-state index contributed by atoms with van der Waals surface area (Å²) in [6.07, 6.45) is 2.82. The number of carbonyl (C=O) groups excluding carboxylic acids is 2. The highest BCUT2D eigenvalue weighted by Gasteiger charge is 2.43. The van der Waals surface area contributed by atoms with Crippen molar-refractivity contribution >= 4 is 11.8 Å². The first kappa shape index (κ1) is 22.7. The largest absolute Gasteiger partial charge is 0.493 e. The molecule has 0 radical (unpaired) electrons. The minimum Gasteiger partial charge on any atom is -0.493 e. The molecule has 0 bridgehead atoms. The number of ketones is 1. The van der Waals surface area contributed by atoms with Crippen molar-refractivity contribution in [3.63, 3.8) is 0 Å². The zero-order valence-corrected chi connectivity index (χ0v) is 19.0. The standard InChI is InChI=1S/C25H31NO5/c1-7-11-31-19-10-9-16(12-20(19)29-6)22-21(24(28)30-8-2)15(3)26-17-13-25(4,5)14-18(27)23(17)22/h7,9-10,12,22,26H,1,8,11,13-14H2,2-6H3/t22-/m1/s1. The van der Waals surface area contributed by atoms with E-state index in [1.54, 1.807) is 26.2 Å². The van der Waals surface area contributed by atoms with Crippen LogP contribution in [0.4, 0.5) is 0 Å². The van der Waals surface area contributed by atoms with Crippen molar-refractivity contribution in [2.24, 2.45) is 5.41 Å². The molecule has 2 aliphatic rings. The highest BCUT2D eigenvalue weighted by atomic mass is 16.5. The van der Waals surface area contributed by atoms with Gasteiger partial charge in [-0.1, -0.05) is 32.6 Å². The Bertz CT molecular complexity index is 970. The number of rotatable bonds is 7. The molecular weight excluding hydrogens is 394 g/mol. The third-order valence-corrected chi connectivity index (χ3v) is 5.61. The van der Waals surface area contributed by atoms with Crippen LogP contribution < -0.4 is 14.8 Å². The van der Waals surface area contributed by atoms with Gasteiger partial charge in [-0.05, 0) is 43.4 Å². The lowest BCUT2D eigenvalue weighted by atomic mass is 9.68. The van der Waals surface area contributed by atoms with Crippen molar-refractivity contribution in [3.05, 3.63) is 59.0 Å². The number of methoxy groups -OCH3 is 1. The molecule has 0 aromatic heterocycles. The Labute approximate surface area is 183 Å². The highest BCUT2D eigenvalue weighted by Crippen LogP contribution is 2.47. The Morgan fingerprint density at radius 3 is 2.68 bits per heavy atom. The fourth-order valence-corrected chi connectivity index (χ4v) is 4.38. The maximum absolute atomic E-state index is 13.3. The molecule has 1 heterocycles. The lowest BCUT2D eigenvalue weighted by Crippen LogP contribution is -2.38. The molecule has 31 heavy (non-hydrogen) atoms. The summed E-state index contributed by atoms with van der Waals surface area (Å²) in [6.45, 7) is 12.1. The quantitative estimate of drug-likeness (QED) is 0.515. The van der Waals surface area contributed by atoms with E-state index in [0.717, 1.165) is 17.7 Å². The van der Waals surface area contributed by atoms with Crippen LogP contribution in [-0.2, 0) is 14.3 Å². The fourth-order valence-electron chi connectivity index (χ4n) is 4.38. The summed E-state index contributed by atoms with van der Waals surface area (Å²) in [5.41, 5.74) is 3.31. The Morgan fingerprint density at radius 2 is 2.03 bits per heavy atom. The highest BCUT2D eigenvalue weighted by molar-refractivity contribution is 6.04. The molecule has 0 spiro atoms. The molecule has 1 atom stereocenters. The van der Waals surface area contributed by atoms with Crippen LogP contribution >= 0.6 is 0 Å². The van der Waals surface area contributed by atoms with Gasteiger partial charge in [-0.2, -0.15) is 0 Å². The smallest absolute Gasteiger partial charge is 0.336 e. The summed E-state index contributed by atoms with van der Waals surface area (Å²) < 4.78 is 16.6. The maximum Gasteiger partial charge on any atom is 0.336 e. The molecule has 0 fully saturated rings. The number of benzene rings is 1. The molecule has 1 aromatic rings. The molecule has 1 aliphatic heterocycles. The van der Waals surface area contributed by atoms with Gasteiger partial charge in [0.1, 0.15) is 6.61 Å². The summed E-state index contributed by atoms with van der Waals surface area (Å²) in [5, 5.41) is 3.33. The van der Waals surface area contributed by atoms with Crippen molar-refractivity contribution in [3.8, 4) is 11.5 Å². The maximum atomic E-state index is 13.3. The lowest BCUT2D eigenvalue weighted by Gasteiger charge is -2.39. The predicted octanol–water partition coefficient (Wildman–Crippen LogP) is 4.43. The Kier molecular flexibility index (Phi) is 6.58. The summed E-state index contributed by atoms with van der Waals surface area (Å²) in [7, 11) is 1.56. The number of allylic oxidation sites excluding steroid dienone is 3. The Hall–Kier alpha value is -3.02. The second-order valence-electron chi connectivity index (χ2n) is 8.66. The van der Waals surface area contributed by atoms with Gasteiger partial charge in [0.25, 0.3) is 0 Å². The van der Waals surface area contributed by atoms with Crippen LogP contribution in [0.15, 0.2) is 53.4 Å². The summed E-state index contributed by atoms with van der Waals surface area (Å²) in [6, 6.07) is 5.51. The number of hydrogen-bond acceptors (Lipinski definition) is 6. The third-order valence-electron chi connectivity index (χ3n) is 5.61. The van der Waals surface area contributed by atoms with Crippen LogP contribution in [-0.4, -0.2) is 32.1 Å². The molecule has 166 valence electrons. The summed E-state index contributed by atoms with van der Waals surface area (Å²) in [4.78, 5) is 26.2. The first-order valence-corrected chi connectivity index (χ1v) is 10.5. The molecule has 0 saturated heterocycles. The van der Waals surface area contributed by atoms with Gasteiger partial charge in [0.2, 0.25) is 0 Å². The number of hydrogen-bond donors (Lipinski definition) is 1. The number of nitrogens with one attached hydrogen (secondary N) is 1. The van der Waals surface area contributed by atoms with E-state index in [1.165, 1.54) is 0 Å². The third kappa shape index (κ3) is 4.53. The molecular formula is C25H31NO5. The van der Waals surface area contributed by atoms with Crippen LogP contribution in [0, 0.1) is 5.41 Å². The number of Topliss-reactive ketones (excluding diaryl/α,β-unsaturated/α-hetero) is 1. The van der Waals surface area contributed by atoms with Crippen LogP contribution in [0.1, 0.15) is 52.0 Å². The van der Waals surface area contributed by atoms with Crippen molar-refractivity contribution in [2.75, 3.05) is 20.3 Å². The zero-order valence-electron chi connectivity index (χ0n) is 19.0. The normalized spacial score (nSPS) is 20.0. The van der Waals surface area contributed by atoms with Crippen molar-refractivity contribution in [1.82, 2.24) is 5.32 Å². The van der Waals surface area contributed by atoms with E-state index in [0.29, 0.717) is 41.4 Å². The van der Waals surface area contributed by atoms with Crippen molar-refractivity contribution in [1.29, 1.82) is 0 Å². The molecule has 1 aromatic carbocycles. The van der Waals surface area contributed by atoms with Crippen molar-refractivity contribution < 1.29 is 23.8 Å². The monoisotopic (exact) mass is 425 g/mol. The number of esters is 1. The van der Waals surface area contributed by atoms with Gasteiger partial charge in [-0.15, -0.1) is 0 Å². The molecule has 6 nitrogen and oxygen atoms in total. The van der Waals surface area contributed by atoms with Gasteiger partial charge in [0, 0.05) is 29.3 Å². The molecule has 3 rings (SSSR count). The van der Waals surface area contributed by atoms with Gasteiger partial charge >= 0.3 is 5.97 Å². The van der Waals surface area contributed by atoms with Gasteiger partial charge in [0.15, 0.2) is 17.3 Å². The number of ether oxygens (including phenoxy) is 3. The first-order valence-electron chi connectivity index (χ1n) is 10.5. The average Bonchev–Trinajstić information content (AvgIpc) is 2.70. The van der Waals surface area contributed by atoms with Gasteiger partial charge in [-0.25, -0.2) is 4.79 Å². The summed E-state index contributed by atoms with van der Waals surface area (Å²) in [5.74, 6) is 0.200. The van der Waals surface area contributed by atoms with Crippen LogP contribution in [0.3, 0.4) is 0 Å². The minimum absolute atomic E-state index is 0.0454. The van der Waals surface area contributed by atoms with E-state index >= 15 is 0 Å². The van der Waals surface area contributed by atoms with Crippen LogP contribution in [0.2, 0.25) is 0 Å². The molecule has 1 N–H and O–H groups in total. The van der Waals surface area contributed by atoms with Gasteiger partial charge in [-0.3, -0.25) is 4.79 Å². The Morgan fingerprint density at radius 1 is 1.29 bits per heavy atom. The number of dihydropyridines is 1. The second kappa shape index (κ2) is 9.00. The first-order chi connectivity index (χ1) is 14.7. The Balaban J connectivity index is 2.16. The molecule has 1 aliphatic carbocycles. The summed E-state index contributed by atoms with van der Waals surface area (Å²) >= 11 is 0. The van der Waals surface area contributed by atoms with E-state index in [2.05, 4.69) is 25.7 Å². The van der Waals surface area contributed by atoms with E-state index in [4.69, 9.17) is 14.2 Å². The predicted molar refractivity (Wildman–Crippen MR) is 119 cm³/mol. The van der Waals surface area contributed by atoms with Crippen LogP contribution in [0.5, 0.6) is 11.5 Å². The average molecular weight is 426 g/mol. The van der Waals surface area contributed by atoms with E-state index in [1.807, 2.05) is 19.1 Å². The molecule has 0 saturated carbocycles. The van der Waals surface area contributed by atoms with E-state index in [9.17, 15) is 9.59 Å². The van der Waals surface area contributed by atoms with Gasteiger partial charge in [0.05, 0.1) is 19.3 Å². The minimum atomic E-state index is -0.527. The van der Waals surface area contributed by atoms with Crippen LogP contribution in [0.25, 0.3) is 0 Å². The molecule has 0 amide bonds. The number of carbonyl (C=O) groups is 2. The van der Waals surface area contributed by atoms with Gasteiger partial charge < -0.3 is 19.5 Å². The van der Waals surface area contributed by atoms with E-state index in [-0.39, 0.29) is 17.8 Å². The second-order valence-corrected chi connectivity index (χ2v) is 8.66. The van der Waals surface area contributed by atoms with E-state index < -0.39 is 11.9 Å².